The average Bonchev–Trinajstić information content (AvgIpc) is 2.01. The fraction of sp³-hybridized carbons (Fsp3) is 0.875. The van der Waals surface area contributed by atoms with E-state index in [1.807, 2.05) is 0 Å². The molecule has 0 heterocycles. The summed E-state index contributed by atoms with van der Waals surface area (Å²) in [4.78, 5) is 10.8. The van der Waals surface area contributed by atoms with Crippen LogP contribution >= 0.6 is 0 Å². The highest BCUT2D eigenvalue weighted by Gasteiger charge is 2.26. The minimum Gasteiger partial charge on any atom is -0.468 e. The number of carbonyl (C=O) groups excluding carboxylic acids is 1. The van der Waals surface area contributed by atoms with E-state index in [9.17, 15) is 13.2 Å². The molecule has 0 aromatic rings. The molecule has 0 saturated heterocycles. The van der Waals surface area contributed by atoms with Crippen molar-refractivity contribution in [2.24, 2.45) is 5.92 Å². The van der Waals surface area contributed by atoms with E-state index < -0.39 is 26.8 Å². The SMILES string of the molecule is COC(=O)CS(=O)(=O)C(C)C(C)C. The third kappa shape index (κ3) is 3.76. The van der Waals surface area contributed by atoms with Gasteiger partial charge in [-0.2, -0.15) is 0 Å². The van der Waals surface area contributed by atoms with E-state index in [2.05, 4.69) is 4.74 Å². The van der Waals surface area contributed by atoms with Crippen LogP contribution in [0.2, 0.25) is 0 Å². The van der Waals surface area contributed by atoms with Gasteiger partial charge in [-0.05, 0) is 12.8 Å². The summed E-state index contributed by atoms with van der Waals surface area (Å²) < 4.78 is 27.2. The van der Waals surface area contributed by atoms with Crippen molar-refractivity contribution in [3.05, 3.63) is 0 Å². The van der Waals surface area contributed by atoms with Gasteiger partial charge in [0.15, 0.2) is 9.84 Å². The second kappa shape index (κ2) is 4.60. The third-order valence-electron chi connectivity index (χ3n) is 2.05. The van der Waals surface area contributed by atoms with E-state index in [4.69, 9.17) is 0 Å². The minimum atomic E-state index is -3.35. The molecule has 0 amide bonds. The lowest BCUT2D eigenvalue weighted by molar-refractivity contribution is -0.137. The van der Waals surface area contributed by atoms with Crippen LogP contribution < -0.4 is 0 Å². The summed E-state index contributed by atoms with van der Waals surface area (Å²) in [6, 6.07) is 0. The van der Waals surface area contributed by atoms with Gasteiger partial charge < -0.3 is 4.74 Å². The number of carbonyl (C=O) groups is 1. The molecule has 0 bridgehead atoms. The monoisotopic (exact) mass is 208 g/mol. The fourth-order valence-corrected chi connectivity index (χ4v) is 2.31. The molecule has 5 heteroatoms. The van der Waals surface area contributed by atoms with Crippen molar-refractivity contribution >= 4 is 15.8 Å². The molecule has 4 nitrogen and oxygen atoms in total. The second-order valence-electron chi connectivity index (χ2n) is 3.33. The molecule has 0 fully saturated rings. The third-order valence-corrected chi connectivity index (χ3v) is 4.37. The quantitative estimate of drug-likeness (QED) is 0.635. The van der Waals surface area contributed by atoms with Crippen LogP contribution in [0.5, 0.6) is 0 Å². The average molecular weight is 208 g/mol. The lowest BCUT2D eigenvalue weighted by Gasteiger charge is -2.15. The van der Waals surface area contributed by atoms with Crippen molar-refractivity contribution in [2.75, 3.05) is 12.9 Å². The van der Waals surface area contributed by atoms with Crippen LogP contribution in [0.25, 0.3) is 0 Å². The van der Waals surface area contributed by atoms with Gasteiger partial charge in [0.05, 0.1) is 12.4 Å². The van der Waals surface area contributed by atoms with Gasteiger partial charge >= 0.3 is 5.97 Å². The first-order chi connectivity index (χ1) is 5.81. The van der Waals surface area contributed by atoms with Gasteiger partial charge in [-0.1, -0.05) is 13.8 Å². The molecule has 0 aliphatic heterocycles. The number of rotatable bonds is 4. The summed E-state index contributed by atoms with van der Waals surface area (Å²) in [5.74, 6) is -1.22. The fourth-order valence-electron chi connectivity index (χ4n) is 0.769. The van der Waals surface area contributed by atoms with Crippen molar-refractivity contribution in [3.8, 4) is 0 Å². The van der Waals surface area contributed by atoms with Crippen molar-refractivity contribution in [1.29, 1.82) is 0 Å². The molecular weight excluding hydrogens is 192 g/mol. The summed E-state index contributed by atoms with van der Waals surface area (Å²) in [7, 11) is -2.17. The lowest BCUT2D eigenvalue weighted by atomic mass is 10.2. The number of hydrogen-bond donors (Lipinski definition) is 0. The Morgan fingerprint density at radius 3 is 2.08 bits per heavy atom. The van der Waals surface area contributed by atoms with Gasteiger partial charge in [0.1, 0.15) is 5.75 Å². The van der Waals surface area contributed by atoms with Crippen molar-refractivity contribution in [2.45, 2.75) is 26.0 Å². The number of ether oxygens (including phenoxy) is 1. The molecule has 0 rings (SSSR count). The molecule has 78 valence electrons. The smallest absolute Gasteiger partial charge is 0.320 e. The van der Waals surface area contributed by atoms with Gasteiger partial charge in [0, 0.05) is 0 Å². The summed E-state index contributed by atoms with van der Waals surface area (Å²) in [5, 5.41) is -0.508. The Kier molecular flexibility index (Phi) is 4.39. The van der Waals surface area contributed by atoms with E-state index in [0.29, 0.717) is 0 Å². The van der Waals surface area contributed by atoms with E-state index in [-0.39, 0.29) is 5.92 Å². The molecule has 0 N–H and O–H groups in total. The maximum absolute atomic E-state index is 11.4. The summed E-state index contributed by atoms with van der Waals surface area (Å²) in [5.41, 5.74) is 0. The van der Waals surface area contributed by atoms with E-state index in [1.165, 1.54) is 7.11 Å². The Morgan fingerprint density at radius 2 is 1.77 bits per heavy atom. The Hall–Kier alpha value is -0.580. The molecule has 0 saturated carbocycles. The van der Waals surface area contributed by atoms with Gasteiger partial charge in [-0.3, -0.25) is 4.79 Å². The highest BCUT2D eigenvalue weighted by Crippen LogP contribution is 2.12. The van der Waals surface area contributed by atoms with Gasteiger partial charge in [0.2, 0.25) is 0 Å². The maximum atomic E-state index is 11.4. The number of hydrogen-bond acceptors (Lipinski definition) is 4. The zero-order valence-corrected chi connectivity index (χ0v) is 9.22. The first-order valence-electron chi connectivity index (χ1n) is 4.09. The number of methoxy groups -OCH3 is 1. The maximum Gasteiger partial charge on any atom is 0.320 e. The Bertz CT molecular complexity index is 266. The molecule has 0 radical (unpaired) electrons. The molecule has 0 aliphatic carbocycles. The summed E-state index contributed by atoms with van der Waals surface area (Å²) >= 11 is 0. The first-order valence-corrected chi connectivity index (χ1v) is 5.81. The number of sulfone groups is 1. The topological polar surface area (TPSA) is 60.4 Å². The normalized spacial score (nSPS) is 14.2. The zero-order chi connectivity index (χ0) is 10.6. The Morgan fingerprint density at radius 1 is 1.31 bits per heavy atom. The van der Waals surface area contributed by atoms with Crippen LogP contribution in [-0.2, 0) is 19.4 Å². The van der Waals surface area contributed by atoms with Crippen LogP contribution in [0.4, 0.5) is 0 Å². The first kappa shape index (κ1) is 12.4. The standard InChI is InChI=1S/C8H16O4S/c1-6(2)7(3)13(10,11)5-8(9)12-4/h6-7H,5H2,1-4H3. The van der Waals surface area contributed by atoms with E-state index in [0.717, 1.165) is 0 Å². The van der Waals surface area contributed by atoms with Crippen LogP contribution in [0.15, 0.2) is 0 Å². The molecule has 0 aromatic carbocycles. The molecule has 1 unspecified atom stereocenters. The molecule has 0 spiro atoms. The van der Waals surface area contributed by atoms with Crippen LogP contribution in [0.1, 0.15) is 20.8 Å². The Labute approximate surface area is 79.2 Å². The zero-order valence-electron chi connectivity index (χ0n) is 8.40. The summed E-state index contributed by atoms with van der Waals surface area (Å²) in [6.07, 6.45) is 0. The van der Waals surface area contributed by atoms with Crippen LogP contribution in [0, 0.1) is 5.92 Å². The van der Waals surface area contributed by atoms with E-state index in [1.54, 1.807) is 20.8 Å². The molecule has 0 aliphatic rings. The summed E-state index contributed by atoms with van der Waals surface area (Å²) in [6.45, 7) is 5.21. The van der Waals surface area contributed by atoms with Crippen LogP contribution in [0.3, 0.4) is 0 Å². The highest BCUT2D eigenvalue weighted by molar-refractivity contribution is 7.92. The predicted molar refractivity (Wildman–Crippen MR) is 50.1 cm³/mol. The van der Waals surface area contributed by atoms with Gasteiger partial charge in [-0.15, -0.1) is 0 Å². The van der Waals surface area contributed by atoms with E-state index >= 15 is 0 Å². The highest BCUT2D eigenvalue weighted by atomic mass is 32.2. The van der Waals surface area contributed by atoms with Gasteiger partial charge in [-0.25, -0.2) is 8.42 Å². The lowest BCUT2D eigenvalue weighted by Crippen LogP contribution is -2.29. The van der Waals surface area contributed by atoms with Crippen molar-refractivity contribution < 1.29 is 17.9 Å². The largest absolute Gasteiger partial charge is 0.468 e. The Balaban J connectivity index is 4.50. The predicted octanol–water partition coefficient (Wildman–Crippen LogP) is 0.619. The number of esters is 1. The van der Waals surface area contributed by atoms with Crippen LogP contribution in [-0.4, -0.2) is 32.5 Å². The molecular formula is C8H16O4S. The van der Waals surface area contributed by atoms with Crippen molar-refractivity contribution in [1.82, 2.24) is 0 Å². The molecule has 1 atom stereocenters. The molecule has 13 heavy (non-hydrogen) atoms. The molecule has 0 aromatic heterocycles. The second-order valence-corrected chi connectivity index (χ2v) is 5.69. The minimum absolute atomic E-state index is 0.00894. The van der Waals surface area contributed by atoms with Crippen molar-refractivity contribution in [3.63, 3.8) is 0 Å². The van der Waals surface area contributed by atoms with Gasteiger partial charge in [0.25, 0.3) is 0 Å².